The van der Waals surface area contributed by atoms with Gasteiger partial charge in [0, 0.05) is 24.8 Å². The number of nitrogens with one attached hydrogen (secondary N) is 1. The average Bonchev–Trinajstić information content (AvgIpc) is 2.65. The standard InChI is InChI=1S/C11H21N3OS/c1-8(2)9-7-16-11(14-9)13-6-4-3-5-10(12)15/h8-9H,3-7H2,1-2H3,(H2,12,15)(H,13,14). The maximum atomic E-state index is 10.5. The molecule has 0 aromatic carbocycles. The molecular weight excluding hydrogens is 222 g/mol. The van der Waals surface area contributed by atoms with Crippen molar-refractivity contribution >= 4 is 22.8 Å². The Morgan fingerprint density at radius 1 is 1.62 bits per heavy atom. The van der Waals surface area contributed by atoms with Crippen molar-refractivity contribution in [2.45, 2.75) is 39.2 Å². The summed E-state index contributed by atoms with van der Waals surface area (Å²) in [5.74, 6) is 1.54. The normalized spacial score (nSPS) is 22.7. The van der Waals surface area contributed by atoms with Crippen LogP contribution in [0.2, 0.25) is 0 Å². The Labute approximate surface area is 101 Å². The van der Waals surface area contributed by atoms with Crippen LogP contribution >= 0.6 is 11.8 Å². The lowest BCUT2D eigenvalue weighted by atomic mass is 10.1. The summed E-state index contributed by atoms with van der Waals surface area (Å²) in [5, 5.41) is 4.46. The van der Waals surface area contributed by atoms with Gasteiger partial charge in [0.15, 0.2) is 5.17 Å². The highest BCUT2D eigenvalue weighted by Crippen LogP contribution is 2.18. The molecule has 0 aromatic heterocycles. The second kappa shape index (κ2) is 6.78. The van der Waals surface area contributed by atoms with E-state index >= 15 is 0 Å². The van der Waals surface area contributed by atoms with Crippen LogP contribution < -0.4 is 11.1 Å². The molecule has 1 fully saturated rings. The van der Waals surface area contributed by atoms with E-state index in [0.717, 1.165) is 30.3 Å². The van der Waals surface area contributed by atoms with Crippen LogP contribution in [0.25, 0.3) is 0 Å². The van der Waals surface area contributed by atoms with Crippen LogP contribution in [0, 0.1) is 5.92 Å². The van der Waals surface area contributed by atoms with E-state index in [-0.39, 0.29) is 5.91 Å². The average molecular weight is 243 g/mol. The lowest BCUT2D eigenvalue weighted by molar-refractivity contribution is -0.118. The van der Waals surface area contributed by atoms with Crippen LogP contribution in [0.5, 0.6) is 0 Å². The molecular formula is C11H21N3OS. The number of carbonyl (C=O) groups is 1. The summed E-state index contributed by atoms with van der Waals surface area (Å²) in [7, 11) is 0. The number of thioether (sulfide) groups is 1. The third-order valence-electron chi connectivity index (χ3n) is 2.60. The van der Waals surface area contributed by atoms with E-state index in [1.54, 1.807) is 11.8 Å². The quantitative estimate of drug-likeness (QED) is 0.692. The number of primary amides is 1. The monoisotopic (exact) mass is 243 g/mol. The Morgan fingerprint density at radius 2 is 2.38 bits per heavy atom. The molecule has 1 atom stereocenters. The molecule has 1 aliphatic heterocycles. The third-order valence-corrected chi connectivity index (χ3v) is 3.65. The maximum Gasteiger partial charge on any atom is 0.217 e. The second-order valence-corrected chi connectivity index (χ2v) is 5.42. The highest BCUT2D eigenvalue weighted by atomic mass is 32.2. The largest absolute Gasteiger partial charge is 0.370 e. The first-order valence-corrected chi connectivity index (χ1v) is 6.80. The number of nitrogens with zero attached hydrogens (tertiary/aromatic N) is 1. The zero-order chi connectivity index (χ0) is 12.0. The van der Waals surface area contributed by atoms with Crippen LogP contribution in [0.3, 0.4) is 0 Å². The molecule has 0 aliphatic carbocycles. The second-order valence-electron chi connectivity index (χ2n) is 4.42. The van der Waals surface area contributed by atoms with Crippen LogP contribution in [0.1, 0.15) is 33.1 Å². The van der Waals surface area contributed by atoms with Gasteiger partial charge in [0.05, 0.1) is 0 Å². The zero-order valence-electron chi connectivity index (χ0n) is 10.0. The summed E-state index contributed by atoms with van der Waals surface area (Å²) in [6, 6.07) is 0.550. The van der Waals surface area contributed by atoms with Crippen molar-refractivity contribution in [2.24, 2.45) is 16.6 Å². The van der Waals surface area contributed by atoms with E-state index in [2.05, 4.69) is 24.2 Å². The first-order valence-electron chi connectivity index (χ1n) is 5.81. The minimum Gasteiger partial charge on any atom is -0.370 e. The van der Waals surface area contributed by atoms with Crippen LogP contribution in [-0.2, 0) is 4.79 Å². The number of carbonyl (C=O) groups excluding carboxylic acids is 1. The first-order chi connectivity index (χ1) is 7.59. The molecule has 3 N–H and O–H groups in total. The molecule has 5 heteroatoms. The molecule has 1 aliphatic rings. The Balaban J connectivity index is 2.14. The Kier molecular flexibility index (Phi) is 5.66. The SMILES string of the molecule is CC(C)C1CSC(=NCCCCC(N)=O)N1. The minimum atomic E-state index is -0.221. The van der Waals surface area contributed by atoms with Crippen molar-refractivity contribution in [3.63, 3.8) is 0 Å². The highest BCUT2D eigenvalue weighted by molar-refractivity contribution is 8.14. The van der Waals surface area contributed by atoms with Gasteiger partial charge in [0.2, 0.25) is 5.91 Å². The fraction of sp³-hybridized carbons (Fsp3) is 0.818. The van der Waals surface area contributed by atoms with Crippen LogP contribution in [-0.4, -0.2) is 29.4 Å². The molecule has 0 saturated carbocycles. The number of hydrogen-bond acceptors (Lipinski definition) is 3. The smallest absolute Gasteiger partial charge is 0.217 e. The van der Waals surface area contributed by atoms with E-state index in [4.69, 9.17) is 5.73 Å². The van der Waals surface area contributed by atoms with Crippen LogP contribution in [0.4, 0.5) is 0 Å². The summed E-state index contributed by atoms with van der Waals surface area (Å²) in [6.45, 7) is 5.22. The zero-order valence-corrected chi connectivity index (χ0v) is 10.8. The molecule has 1 rings (SSSR count). The highest BCUT2D eigenvalue weighted by Gasteiger charge is 2.22. The molecule has 1 unspecified atom stereocenters. The summed E-state index contributed by atoms with van der Waals surface area (Å²) in [5.41, 5.74) is 5.06. The van der Waals surface area contributed by atoms with E-state index in [1.807, 2.05) is 0 Å². The number of amides is 1. The summed E-state index contributed by atoms with van der Waals surface area (Å²) < 4.78 is 0. The van der Waals surface area contributed by atoms with Gasteiger partial charge in [-0.05, 0) is 18.8 Å². The Morgan fingerprint density at radius 3 is 2.94 bits per heavy atom. The number of rotatable bonds is 6. The summed E-state index contributed by atoms with van der Waals surface area (Å²) in [6.07, 6.45) is 2.24. The van der Waals surface area contributed by atoms with Gasteiger partial charge in [-0.25, -0.2) is 0 Å². The number of nitrogens with two attached hydrogens (primary N) is 1. The molecule has 0 aromatic rings. The molecule has 92 valence electrons. The molecule has 0 spiro atoms. The van der Waals surface area contributed by atoms with E-state index in [1.165, 1.54) is 0 Å². The molecule has 0 bridgehead atoms. The molecule has 1 saturated heterocycles. The van der Waals surface area contributed by atoms with Gasteiger partial charge < -0.3 is 11.1 Å². The fourth-order valence-electron chi connectivity index (χ4n) is 1.45. The minimum absolute atomic E-state index is 0.221. The molecule has 1 amide bonds. The third kappa shape index (κ3) is 4.88. The van der Waals surface area contributed by atoms with Crippen molar-refractivity contribution in [1.29, 1.82) is 0 Å². The Hall–Kier alpha value is -0.710. The van der Waals surface area contributed by atoms with Crippen molar-refractivity contribution in [3.8, 4) is 0 Å². The van der Waals surface area contributed by atoms with Crippen LogP contribution in [0.15, 0.2) is 4.99 Å². The number of hydrogen-bond donors (Lipinski definition) is 2. The van der Waals surface area contributed by atoms with E-state index in [9.17, 15) is 4.79 Å². The summed E-state index contributed by atoms with van der Waals surface area (Å²) >= 11 is 1.79. The Bertz CT molecular complexity index is 266. The first kappa shape index (κ1) is 13.4. The summed E-state index contributed by atoms with van der Waals surface area (Å²) in [4.78, 5) is 15.0. The van der Waals surface area contributed by atoms with Gasteiger partial charge in [-0.1, -0.05) is 25.6 Å². The number of aliphatic imine (C=N–C) groups is 1. The molecule has 4 nitrogen and oxygen atoms in total. The molecule has 0 radical (unpaired) electrons. The van der Waals surface area contributed by atoms with Gasteiger partial charge in [0.1, 0.15) is 0 Å². The lowest BCUT2D eigenvalue weighted by Crippen LogP contribution is -2.31. The molecule has 1 heterocycles. The topological polar surface area (TPSA) is 67.5 Å². The maximum absolute atomic E-state index is 10.5. The number of amidine groups is 1. The van der Waals surface area contributed by atoms with E-state index < -0.39 is 0 Å². The van der Waals surface area contributed by atoms with Gasteiger partial charge >= 0.3 is 0 Å². The van der Waals surface area contributed by atoms with Gasteiger partial charge in [-0.3, -0.25) is 9.79 Å². The molecule has 16 heavy (non-hydrogen) atoms. The van der Waals surface area contributed by atoms with Gasteiger partial charge in [-0.2, -0.15) is 0 Å². The van der Waals surface area contributed by atoms with Crippen molar-refractivity contribution in [1.82, 2.24) is 5.32 Å². The lowest BCUT2D eigenvalue weighted by Gasteiger charge is -2.12. The predicted octanol–water partition coefficient (Wildman–Crippen LogP) is 1.36. The van der Waals surface area contributed by atoms with Gasteiger partial charge in [-0.15, -0.1) is 0 Å². The van der Waals surface area contributed by atoms with Crippen molar-refractivity contribution < 1.29 is 4.79 Å². The van der Waals surface area contributed by atoms with Crippen molar-refractivity contribution in [2.75, 3.05) is 12.3 Å². The number of unbranched alkanes of at least 4 members (excludes halogenated alkanes) is 1. The van der Waals surface area contributed by atoms with Crippen molar-refractivity contribution in [3.05, 3.63) is 0 Å². The van der Waals surface area contributed by atoms with E-state index in [0.29, 0.717) is 18.4 Å². The fourth-order valence-corrected chi connectivity index (χ4v) is 2.68. The predicted molar refractivity (Wildman–Crippen MR) is 69.6 cm³/mol. The van der Waals surface area contributed by atoms with Gasteiger partial charge in [0.25, 0.3) is 0 Å².